The molecule has 2 aromatic carbocycles. The van der Waals surface area contributed by atoms with Gasteiger partial charge in [-0.3, -0.25) is 9.69 Å². The van der Waals surface area contributed by atoms with E-state index < -0.39 is 18.0 Å². The zero-order valence-electron chi connectivity index (χ0n) is 23.6. The second kappa shape index (κ2) is 11.5. The maximum atomic E-state index is 13.1. The van der Waals surface area contributed by atoms with Crippen LogP contribution in [0.1, 0.15) is 50.3 Å². The van der Waals surface area contributed by atoms with Gasteiger partial charge in [0.05, 0.1) is 0 Å². The molecular weight excluding hydrogens is 502 g/mol. The fourth-order valence-corrected chi connectivity index (χ4v) is 4.46. The van der Waals surface area contributed by atoms with Gasteiger partial charge in [0.25, 0.3) is 0 Å². The van der Waals surface area contributed by atoms with E-state index in [1.165, 1.54) is 6.33 Å². The molecule has 2 amide bonds. The molecule has 4 rings (SSSR count). The van der Waals surface area contributed by atoms with Crippen LogP contribution < -0.4 is 5.32 Å². The number of nitrogens with one attached hydrogen (secondary N) is 1. The lowest BCUT2D eigenvalue weighted by Gasteiger charge is -2.31. The number of hydrogen-bond acceptors (Lipinski definition) is 5. The normalized spacial score (nSPS) is 11.8. The van der Waals surface area contributed by atoms with Gasteiger partial charge in [0, 0.05) is 34.6 Å². The molecule has 1 unspecified atom stereocenters. The van der Waals surface area contributed by atoms with Crippen LogP contribution in [0.15, 0.2) is 60.9 Å². The van der Waals surface area contributed by atoms with Gasteiger partial charge < -0.3 is 10.4 Å². The number of pyridine rings is 1. The summed E-state index contributed by atoms with van der Waals surface area (Å²) in [5.41, 5.74) is 4.10. The molecule has 204 valence electrons. The summed E-state index contributed by atoms with van der Waals surface area (Å²) in [7, 11) is 0. The van der Waals surface area contributed by atoms with E-state index in [0.29, 0.717) is 5.69 Å². The van der Waals surface area contributed by atoms with Crippen LogP contribution in [-0.2, 0) is 4.79 Å². The predicted molar refractivity (Wildman–Crippen MR) is 157 cm³/mol. The Morgan fingerprint density at radius 3 is 2.30 bits per heavy atom. The van der Waals surface area contributed by atoms with Gasteiger partial charge in [-0.1, -0.05) is 57.0 Å². The number of anilines is 1. The van der Waals surface area contributed by atoms with Crippen molar-refractivity contribution in [1.29, 1.82) is 0 Å². The number of carboxylic acid groups (broad SMARTS) is 1. The van der Waals surface area contributed by atoms with Crippen molar-refractivity contribution in [1.82, 2.24) is 19.9 Å². The highest BCUT2D eigenvalue weighted by molar-refractivity contribution is 5.95. The summed E-state index contributed by atoms with van der Waals surface area (Å²) >= 11 is 0. The Hall–Kier alpha value is -4.77. The molecule has 0 aliphatic heterocycles. The summed E-state index contributed by atoms with van der Waals surface area (Å²) in [6.45, 7) is 11.3. The second-order valence-electron chi connectivity index (χ2n) is 11.0. The highest BCUT2D eigenvalue weighted by atomic mass is 16.4. The minimum absolute atomic E-state index is 0.207. The lowest BCUT2D eigenvalue weighted by molar-refractivity contribution is -0.120. The first kappa shape index (κ1) is 28.2. The minimum atomic E-state index is -1.15. The predicted octanol–water partition coefficient (Wildman–Crippen LogP) is 6.06. The molecule has 0 bridgehead atoms. The number of fused-ring (bicyclic) bond motifs is 1. The Morgan fingerprint density at radius 2 is 1.65 bits per heavy atom. The molecule has 0 saturated carbocycles. The SMILES string of the molecule is Cc1ncnc(C)c1-c1ccc(NC(=O)C(C)N(CC(C)(C)C)C(=O)O)nc1C#Cc1ccc2ccccc2c1. The molecule has 0 aliphatic rings. The van der Waals surface area contributed by atoms with Crippen LogP contribution in [0.25, 0.3) is 21.9 Å². The zero-order valence-corrected chi connectivity index (χ0v) is 23.6. The lowest BCUT2D eigenvalue weighted by atomic mass is 9.95. The van der Waals surface area contributed by atoms with Gasteiger partial charge in [0.2, 0.25) is 5.91 Å². The fourth-order valence-electron chi connectivity index (χ4n) is 4.46. The topological polar surface area (TPSA) is 108 Å². The Morgan fingerprint density at radius 1 is 0.975 bits per heavy atom. The lowest BCUT2D eigenvalue weighted by Crippen LogP contribution is -2.48. The molecule has 0 radical (unpaired) electrons. The summed E-state index contributed by atoms with van der Waals surface area (Å²) in [5, 5.41) is 14.7. The van der Waals surface area contributed by atoms with Crippen molar-refractivity contribution in [3.63, 3.8) is 0 Å². The van der Waals surface area contributed by atoms with Gasteiger partial charge in [-0.2, -0.15) is 0 Å². The molecule has 0 fully saturated rings. The average Bonchev–Trinajstić information content (AvgIpc) is 2.90. The molecule has 2 N–H and O–H groups in total. The van der Waals surface area contributed by atoms with E-state index in [-0.39, 0.29) is 17.8 Å². The largest absolute Gasteiger partial charge is 0.465 e. The number of aromatic nitrogens is 3. The van der Waals surface area contributed by atoms with Crippen molar-refractivity contribution in [2.24, 2.45) is 5.41 Å². The number of carbonyl (C=O) groups is 2. The van der Waals surface area contributed by atoms with Crippen LogP contribution in [0.4, 0.5) is 10.6 Å². The molecule has 0 saturated heterocycles. The highest BCUT2D eigenvalue weighted by Gasteiger charge is 2.29. The first-order valence-corrected chi connectivity index (χ1v) is 13.0. The third-order valence-electron chi connectivity index (χ3n) is 6.45. The molecule has 4 aromatic rings. The summed E-state index contributed by atoms with van der Waals surface area (Å²) < 4.78 is 0. The van der Waals surface area contributed by atoms with Crippen molar-refractivity contribution in [3.8, 4) is 23.0 Å². The molecular formula is C32H33N5O3. The zero-order chi connectivity index (χ0) is 29.0. The summed E-state index contributed by atoms with van der Waals surface area (Å²) in [6.07, 6.45) is 0.363. The van der Waals surface area contributed by atoms with Gasteiger partial charge in [-0.25, -0.2) is 19.7 Å². The maximum absolute atomic E-state index is 13.1. The van der Waals surface area contributed by atoms with E-state index in [1.807, 2.05) is 83.1 Å². The number of benzene rings is 2. The van der Waals surface area contributed by atoms with Crippen LogP contribution in [0.5, 0.6) is 0 Å². The van der Waals surface area contributed by atoms with E-state index in [9.17, 15) is 14.7 Å². The Bertz CT molecular complexity index is 1630. The van der Waals surface area contributed by atoms with E-state index in [1.54, 1.807) is 13.0 Å². The number of aryl methyl sites for hydroxylation is 2. The van der Waals surface area contributed by atoms with Crippen LogP contribution >= 0.6 is 0 Å². The standard InChI is InChI=1S/C32H33N5O3/c1-20-29(21(2)34-19-33-20)26-14-16-28(36-30(38)22(3)37(31(39)40)18-32(4,5)6)35-27(26)15-12-23-11-13-24-9-7-8-10-25(24)17-23/h7-11,13-14,16-17,19,22H,18H2,1-6H3,(H,39,40)(H,35,36,38). The van der Waals surface area contributed by atoms with Gasteiger partial charge in [0.1, 0.15) is 23.9 Å². The average molecular weight is 536 g/mol. The van der Waals surface area contributed by atoms with Gasteiger partial charge in [-0.15, -0.1) is 0 Å². The van der Waals surface area contributed by atoms with Crippen LogP contribution in [0.2, 0.25) is 0 Å². The summed E-state index contributed by atoms with van der Waals surface area (Å²) in [4.78, 5) is 39.5. The Kier molecular flexibility index (Phi) is 8.15. The molecule has 2 aromatic heterocycles. The summed E-state index contributed by atoms with van der Waals surface area (Å²) in [5.74, 6) is 6.20. The second-order valence-corrected chi connectivity index (χ2v) is 11.0. The molecule has 40 heavy (non-hydrogen) atoms. The molecule has 8 heteroatoms. The molecule has 0 spiro atoms. The third kappa shape index (κ3) is 6.62. The minimum Gasteiger partial charge on any atom is -0.465 e. The number of carbonyl (C=O) groups excluding carboxylic acids is 1. The van der Waals surface area contributed by atoms with Crippen molar-refractivity contribution in [2.45, 2.75) is 47.6 Å². The number of nitrogens with zero attached hydrogens (tertiary/aromatic N) is 4. The van der Waals surface area contributed by atoms with Crippen molar-refractivity contribution >= 4 is 28.6 Å². The van der Waals surface area contributed by atoms with Crippen molar-refractivity contribution in [2.75, 3.05) is 11.9 Å². The van der Waals surface area contributed by atoms with Crippen molar-refractivity contribution in [3.05, 3.63) is 83.6 Å². The fraction of sp³-hybridized carbons (Fsp3) is 0.281. The molecule has 0 aliphatic carbocycles. The third-order valence-corrected chi connectivity index (χ3v) is 6.45. The highest BCUT2D eigenvalue weighted by Crippen LogP contribution is 2.28. The number of amides is 2. The summed E-state index contributed by atoms with van der Waals surface area (Å²) in [6, 6.07) is 16.7. The number of hydrogen-bond donors (Lipinski definition) is 2. The van der Waals surface area contributed by atoms with Crippen LogP contribution in [0.3, 0.4) is 0 Å². The van der Waals surface area contributed by atoms with E-state index in [0.717, 1.165) is 43.8 Å². The van der Waals surface area contributed by atoms with E-state index in [4.69, 9.17) is 0 Å². The first-order valence-electron chi connectivity index (χ1n) is 13.0. The molecule has 1 atom stereocenters. The van der Waals surface area contributed by atoms with Crippen molar-refractivity contribution < 1.29 is 14.7 Å². The van der Waals surface area contributed by atoms with Gasteiger partial charge >= 0.3 is 6.09 Å². The molecule has 2 heterocycles. The Labute approximate surface area is 234 Å². The maximum Gasteiger partial charge on any atom is 0.407 e. The van der Waals surface area contributed by atoms with E-state index >= 15 is 0 Å². The van der Waals surface area contributed by atoms with Crippen LogP contribution in [-0.4, -0.2) is 49.5 Å². The first-order chi connectivity index (χ1) is 18.9. The van der Waals surface area contributed by atoms with Gasteiger partial charge in [-0.05, 0) is 67.1 Å². The quantitative estimate of drug-likeness (QED) is 0.301. The van der Waals surface area contributed by atoms with Gasteiger partial charge in [0.15, 0.2) is 0 Å². The number of rotatable bonds is 5. The van der Waals surface area contributed by atoms with Crippen LogP contribution in [0, 0.1) is 31.1 Å². The Balaban J connectivity index is 1.72. The van der Waals surface area contributed by atoms with E-state index in [2.05, 4.69) is 32.1 Å². The monoisotopic (exact) mass is 535 g/mol. The smallest absolute Gasteiger partial charge is 0.407 e. The molecule has 8 nitrogen and oxygen atoms in total.